The Balaban J connectivity index is 1.62. The molecule has 2 aromatic carbocycles. The number of ketones is 1. The minimum Gasteiger partial charge on any atom is -0.507 e. The van der Waals surface area contributed by atoms with Crippen LogP contribution in [0.4, 0.5) is 0 Å². The first-order valence-electron chi connectivity index (χ1n) is 9.76. The van der Waals surface area contributed by atoms with Crippen molar-refractivity contribution >= 4 is 5.78 Å². The van der Waals surface area contributed by atoms with E-state index in [4.69, 9.17) is 14.2 Å². The van der Waals surface area contributed by atoms with Crippen LogP contribution < -0.4 is 9.47 Å². The molecule has 32 heavy (non-hydrogen) atoms. The predicted octanol–water partition coefficient (Wildman–Crippen LogP) is -0.311. The SMILES string of the molecule is O=C1c2c(O)cc(O[C@@H]3C[C@@H](O)[C@@H](O)[C@H](CO)O3)cc2O[C@H](c2ccc(O)c(O)c2)[C@@H]1O. The van der Waals surface area contributed by atoms with E-state index < -0.39 is 60.7 Å². The van der Waals surface area contributed by atoms with Gasteiger partial charge in [0.25, 0.3) is 0 Å². The highest BCUT2D eigenvalue weighted by molar-refractivity contribution is 6.05. The fourth-order valence-electron chi connectivity index (χ4n) is 3.73. The molecule has 11 nitrogen and oxygen atoms in total. The molecule has 0 radical (unpaired) electrons. The lowest BCUT2D eigenvalue weighted by Gasteiger charge is -2.36. The largest absolute Gasteiger partial charge is 0.507 e. The molecule has 2 aromatic rings. The molecule has 7 N–H and O–H groups in total. The van der Waals surface area contributed by atoms with Gasteiger partial charge in [0.05, 0.1) is 12.7 Å². The number of fused-ring (bicyclic) bond motifs is 1. The first-order valence-corrected chi connectivity index (χ1v) is 9.76. The van der Waals surface area contributed by atoms with Gasteiger partial charge in [-0.1, -0.05) is 6.07 Å². The molecule has 0 aromatic heterocycles. The highest BCUT2D eigenvalue weighted by Gasteiger charge is 2.41. The van der Waals surface area contributed by atoms with Gasteiger partial charge in [-0.05, 0) is 17.7 Å². The minimum absolute atomic E-state index is 0.00280. The molecule has 0 bridgehead atoms. The Morgan fingerprint density at radius 2 is 1.75 bits per heavy atom. The van der Waals surface area contributed by atoms with Crippen LogP contribution >= 0.6 is 0 Å². The zero-order valence-electron chi connectivity index (χ0n) is 16.5. The van der Waals surface area contributed by atoms with E-state index in [9.17, 15) is 40.5 Å². The van der Waals surface area contributed by atoms with Crippen molar-refractivity contribution in [2.24, 2.45) is 0 Å². The second-order valence-electron chi connectivity index (χ2n) is 7.61. The predicted molar refractivity (Wildman–Crippen MR) is 105 cm³/mol. The van der Waals surface area contributed by atoms with Gasteiger partial charge in [0.1, 0.15) is 35.0 Å². The van der Waals surface area contributed by atoms with Crippen LogP contribution in [-0.4, -0.2) is 78.8 Å². The number of hydrogen-bond acceptors (Lipinski definition) is 11. The standard InChI is InChI=1S/C21H22O11/c22-7-15-18(27)13(26)6-16(31-15)30-9-4-12(25)17-14(5-9)32-21(20(29)19(17)28)8-1-2-10(23)11(24)3-8/h1-5,13,15-16,18,20-27,29H,6-7H2/t13-,15+,16+,18-,20-,21-/m1/s1. The summed E-state index contributed by atoms with van der Waals surface area (Å²) >= 11 is 0. The molecule has 6 atom stereocenters. The van der Waals surface area contributed by atoms with Crippen LogP contribution in [0.25, 0.3) is 0 Å². The van der Waals surface area contributed by atoms with Gasteiger partial charge in [0.2, 0.25) is 12.1 Å². The van der Waals surface area contributed by atoms with Crippen molar-refractivity contribution in [2.45, 2.75) is 43.2 Å². The second kappa shape index (κ2) is 8.45. The Labute approximate surface area is 181 Å². The number of phenolic OH excluding ortho intramolecular Hbond substituents is 3. The molecular weight excluding hydrogens is 428 g/mol. The molecule has 2 heterocycles. The van der Waals surface area contributed by atoms with Gasteiger partial charge in [0, 0.05) is 18.6 Å². The molecule has 0 amide bonds. The van der Waals surface area contributed by atoms with Crippen molar-refractivity contribution in [1.29, 1.82) is 0 Å². The lowest BCUT2D eigenvalue weighted by atomic mass is 9.92. The Kier molecular flexibility index (Phi) is 5.84. The molecule has 1 fully saturated rings. The first-order chi connectivity index (χ1) is 15.2. The van der Waals surface area contributed by atoms with E-state index in [2.05, 4.69) is 0 Å². The first kappa shape index (κ1) is 22.1. The normalized spacial score (nSPS) is 29.8. The number of aromatic hydroxyl groups is 3. The Hall–Kier alpha value is -3.09. The van der Waals surface area contributed by atoms with Crippen molar-refractivity contribution < 1.29 is 54.8 Å². The smallest absolute Gasteiger partial charge is 0.202 e. The highest BCUT2D eigenvalue weighted by Crippen LogP contribution is 2.43. The molecule has 172 valence electrons. The van der Waals surface area contributed by atoms with Crippen LogP contribution in [0.15, 0.2) is 30.3 Å². The van der Waals surface area contributed by atoms with Gasteiger partial charge < -0.3 is 50.0 Å². The summed E-state index contributed by atoms with van der Waals surface area (Å²) in [5, 5.41) is 69.0. The van der Waals surface area contributed by atoms with Crippen LogP contribution in [0, 0.1) is 0 Å². The van der Waals surface area contributed by atoms with E-state index in [0.717, 1.165) is 12.1 Å². The molecule has 0 saturated carbocycles. The number of Topliss-reactive ketones (excluding diaryl/α,β-unsaturated/α-hetero) is 1. The molecule has 2 aliphatic heterocycles. The van der Waals surface area contributed by atoms with E-state index in [1.54, 1.807) is 0 Å². The number of phenols is 3. The number of aliphatic hydroxyl groups excluding tert-OH is 4. The number of aliphatic hydroxyl groups is 4. The van der Waals surface area contributed by atoms with E-state index >= 15 is 0 Å². The van der Waals surface area contributed by atoms with Gasteiger partial charge >= 0.3 is 0 Å². The molecule has 0 spiro atoms. The summed E-state index contributed by atoms with van der Waals surface area (Å²) in [7, 11) is 0. The van der Waals surface area contributed by atoms with Gasteiger partial charge in [-0.2, -0.15) is 0 Å². The second-order valence-corrected chi connectivity index (χ2v) is 7.61. The average Bonchev–Trinajstić information content (AvgIpc) is 2.74. The summed E-state index contributed by atoms with van der Waals surface area (Å²) in [6.07, 6.45) is -7.69. The fraction of sp³-hybridized carbons (Fsp3) is 0.381. The van der Waals surface area contributed by atoms with Gasteiger partial charge in [-0.15, -0.1) is 0 Å². The third kappa shape index (κ3) is 3.92. The Morgan fingerprint density at radius 3 is 2.44 bits per heavy atom. The summed E-state index contributed by atoms with van der Waals surface area (Å²) in [4.78, 5) is 12.7. The van der Waals surface area contributed by atoms with Crippen molar-refractivity contribution in [1.82, 2.24) is 0 Å². The summed E-state index contributed by atoms with van der Waals surface area (Å²) in [5.41, 5.74) is -0.0616. The maximum atomic E-state index is 12.7. The van der Waals surface area contributed by atoms with E-state index in [-0.39, 0.29) is 34.8 Å². The Bertz CT molecular complexity index is 1020. The maximum absolute atomic E-state index is 12.7. The molecule has 4 rings (SSSR count). The van der Waals surface area contributed by atoms with Gasteiger partial charge in [-0.3, -0.25) is 4.79 Å². The van der Waals surface area contributed by atoms with Crippen molar-refractivity contribution in [3.63, 3.8) is 0 Å². The monoisotopic (exact) mass is 450 g/mol. The lowest BCUT2D eigenvalue weighted by molar-refractivity contribution is -0.230. The Morgan fingerprint density at radius 1 is 1.00 bits per heavy atom. The van der Waals surface area contributed by atoms with Crippen LogP contribution in [-0.2, 0) is 4.74 Å². The third-order valence-corrected chi connectivity index (χ3v) is 5.42. The topological polar surface area (TPSA) is 186 Å². The molecule has 0 aliphatic carbocycles. The summed E-state index contributed by atoms with van der Waals surface area (Å²) in [6, 6.07) is 6.06. The van der Waals surface area contributed by atoms with Gasteiger partial charge in [0.15, 0.2) is 23.7 Å². The van der Waals surface area contributed by atoms with Crippen molar-refractivity contribution in [3.05, 3.63) is 41.5 Å². The summed E-state index contributed by atoms with van der Waals surface area (Å²) in [5.74, 6) is -2.31. The maximum Gasteiger partial charge on any atom is 0.202 e. The fourth-order valence-corrected chi connectivity index (χ4v) is 3.73. The lowest BCUT2D eigenvalue weighted by Crippen LogP contribution is -2.51. The average molecular weight is 450 g/mol. The summed E-state index contributed by atoms with van der Waals surface area (Å²) in [6.45, 7) is -0.551. The number of hydrogen-bond donors (Lipinski definition) is 7. The number of benzene rings is 2. The number of rotatable bonds is 4. The van der Waals surface area contributed by atoms with Crippen LogP contribution in [0.3, 0.4) is 0 Å². The summed E-state index contributed by atoms with van der Waals surface area (Å²) < 4.78 is 16.7. The van der Waals surface area contributed by atoms with Crippen LogP contribution in [0.2, 0.25) is 0 Å². The quantitative estimate of drug-likeness (QED) is 0.303. The zero-order chi connectivity index (χ0) is 23.2. The number of carbonyl (C=O) groups excluding carboxylic acids is 1. The third-order valence-electron chi connectivity index (χ3n) is 5.42. The molecular formula is C21H22O11. The highest BCUT2D eigenvalue weighted by atomic mass is 16.7. The molecule has 1 saturated heterocycles. The van der Waals surface area contributed by atoms with Gasteiger partial charge in [-0.25, -0.2) is 0 Å². The zero-order valence-corrected chi connectivity index (χ0v) is 16.5. The van der Waals surface area contributed by atoms with Crippen LogP contribution in [0.5, 0.6) is 28.7 Å². The molecule has 11 heteroatoms. The van der Waals surface area contributed by atoms with Crippen molar-refractivity contribution in [3.8, 4) is 28.7 Å². The molecule has 0 unspecified atom stereocenters. The van der Waals surface area contributed by atoms with E-state index in [1.165, 1.54) is 18.2 Å². The van der Waals surface area contributed by atoms with Crippen molar-refractivity contribution in [2.75, 3.05) is 6.61 Å². The van der Waals surface area contributed by atoms with E-state index in [1.807, 2.05) is 0 Å². The minimum atomic E-state index is -1.69. The van der Waals surface area contributed by atoms with Crippen LogP contribution in [0.1, 0.15) is 28.4 Å². The molecule has 2 aliphatic rings. The number of carbonyl (C=O) groups is 1. The van der Waals surface area contributed by atoms with E-state index in [0.29, 0.717) is 0 Å². The number of ether oxygens (including phenoxy) is 3.